The first-order valence-corrected chi connectivity index (χ1v) is 14.1. The number of sulfonamides is 1. The largest absolute Gasteiger partial charge is 0.290 e. The molecule has 4 aromatic rings. The Morgan fingerprint density at radius 3 is 2.57 bits per heavy atom. The number of hydrogen-bond donors (Lipinski definition) is 0. The fourth-order valence-corrected chi connectivity index (χ4v) is 7.38. The van der Waals surface area contributed by atoms with E-state index in [2.05, 4.69) is 10.1 Å². The predicted molar refractivity (Wildman–Crippen MR) is 139 cm³/mol. The first kappa shape index (κ1) is 23.9. The van der Waals surface area contributed by atoms with Gasteiger partial charge >= 0.3 is 0 Å². The van der Waals surface area contributed by atoms with E-state index >= 15 is 0 Å². The molecule has 0 amide bonds. The molecule has 37 heavy (non-hydrogen) atoms. The Hall–Kier alpha value is -3.47. The lowest BCUT2D eigenvalue weighted by Gasteiger charge is -2.44. The maximum absolute atomic E-state index is 14.0. The second-order valence-electron chi connectivity index (χ2n) is 9.44. The predicted octanol–water partition coefficient (Wildman–Crippen LogP) is 4.68. The topological polar surface area (TPSA) is 85.2 Å². The van der Waals surface area contributed by atoms with Gasteiger partial charge in [0.15, 0.2) is 5.01 Å². The highest BCUT2D eigenvalue weighted by atomic mass is 32.2. The van der Waals surface area contributed by atoms with Gasteiger partial charge in [-0.1, -0.05) is 23.3 Å². The quantitative estimate of drug-likeness (QED) is 0.347. The molecular formula is C27H23FN4O3S2. The van der Waals surface area contributed by atoms with Gasteiger partial charge in [-0.3, -0.25) is 4.79 Å². The molecule has 0 bridgehead atoms. The molecule has 0 saturated carbocycles. The molecule has 6 rings (SSSR count). The zero-order valence-electron chi connectivity index (χ0n) is 20.0. The molecule has 0 radical (unpaired) electrons. The van der Waals surface area contributed by atoms with E-state index in [0.29, 0.717) is 23.5 Å². The molecule has 1 atom stereocenters. The van der Waals surface area contributed by atoms with E-state index in [-0.39, 0.29) is 29.6 Å². The van der Waals surface area contributed by atoms with Crippen molar-refractivity contribution in [1.29, 1.82) is 0 Å². The van der Waals surface area contributed by atoms with Crippen LogP contribution in [0.15, 0.2) is 76.8 Å². The van der Waals surface area contributed by atoms with Crippen molar-refractivity contribution in [3.8, 4) is 5.69 Å². The second-order valence-corrected chi connectivity index (χ2v) is 12.3. The summed E-state index contributed by atoms with van der Waals surface area (Å²) in [6.45, 7) is 2.19. The summed E-state index contributed by atoms with van der Waals surface area (Å²) in [4.78, 5) is 18.5. The fourth-order valence-electron chi connectivity index (χ4n) is 5.21. The maximum atomic E-state index is 14.0. The average Bonchev–Trinajstić information content (AvgIpc) is 3.57. The molecule has 2 aromatic heterocycles. The van der Waals surface area contributed by atoms with E-state index in [1.807, 2.05) is 13.0 Å². The lowest BCUT2D eigenvalue weighted by molar-refractivity contribution is 0.0775. The van der Waals surface area contributed by atoms with Gasteiger partial charge in [0, 0.05) is 24.7 Å². The van der Waals surface area contributed by atoms with Crippen molar-refractivity contribution in [2.45, 2.75) is 24.7 Å². The highest BCUT2D eigenvalue weighted by Crippen LogP contribution is 2.47. The number of piperidine rings is 1. The van der Waals surface area contributed by atoms with Crippen LogP contribution in [0.4, 0.5) is 4.39 Å². The van der Waals surface area contributed by atoms with Gasteiger partial charge in [0.2, 0.25) is 15.8 Å². The molecular weight excluding hydrogens is 511 g/mol. The van der Waals surface area contributed by atoms with Crippen LogP contribution in [-0.2, 0) is 16.4 Å². The Bertz CT molecular complexity index is 1630. The van der Waals surface area contributed by atoms with Crippen LogP contribution in [0.3, 0.4) is 0 Å². The van der Waals surface area contributed by atoms with Gasteiger partial charge in [0.05, 0.1) is 27.9 Å². The van der Waals surface area contributed by atoms with Crippen molar-refractivity contribution in [2.24, 2.45) is 5.41 Å². The van der Waals surface area contributed by atoms with Gasteiger partial charge in [-0.15, -0.1) is 11.3 Å². The Labute approximate surface area is 218 Å². The molecule has 0 N–H and O–H groups in total. The van der Waals surface area contributed by atoms with Crippen LogP contribution in [0.5, 0.6) is 0 Å². The molecule has 1 aliphatic carbocycles. The number of hydrogen-bond acceptors (Lipinski definition) is 6. The van der Waals surface area contributed by atoms with Crippen molar-refractivity contribution in [3.05, 3.63) is 99.5 Å². The number of aryl methyl sites for hydroxylation is 1. The molecule has 0 spiro atoms. The summed E-state index contributed by atoms with van der Waals surface area (Å²) in [6.07, 6.45) is 5.94. The molecule has 1 aliphatic heterocycles. The van der Waals surface area contributed by atoms with Crippen molar-refractivity contribution in [3.63, 3.8) is 0 Å². The Balaban J connectivity index is 1.44. The van der Waals surface area contributed by atoms with Crippen LogP contribution in [0.2, 0.25) is 0 Å². The van der Waals surface area contributed by atoms with E-state index < -0.39 is 15.4 Å². The molecule has 10 heteroatoms. The zero-order chi connectivity index (χ0) is 25.8. The number of thiazole rings is 1. The molecule has 1 fully saturated rings. The minimum absolute atomic E-state index is 0.0224. The number of nitrogens with zero attached hydrogens (tertiary/aromatic N) is 4. The van der Waals surface area contributed by atoms with Crippen LogP contribution < -0.4 is 0 Å². The monoisotopic (exact) mass is 534 g/mol. The van der Waals surface area contributed by atoms with Crippen LogP contribution in [0, 0.1) is 18.2 Å². The third kappa shape index (κ3) is 3.96. The number of halogens is 1. The molecule has 2 aliphatic rings. The Morgan fingerprint density at radius 1 is 1.11 bits per heavy atom. The molecule has 0 unspecified atom stereocenters. The van der Waals surface area contributed by atoms with Gasteiger partial charge in [0.25, 0.3) is 0 Å². The van der Waals surface area contributed by atoms with Gasteiger partial charge in [-0.2, -0.15) is 9.40 Å². The van der Waals surface area contributed by atoms with E-state index in [1.165, 1.54) is 27.8 Å². The first-order valence-electron chi connectivity index (χ1n) is 11.8. The Kier molecular flexibility index (Phi) is 5.70. The van der Waals surface area contributed by atoms with E-state index in [9.17, 15) is 17.6 Å². The molecule has 3 heterocycles. The summed E-state index contributed by atoms with van der Waals surface area (Å²) in [5.74, 6) is -0.518. The number of ketones is 1. The lowest BCUT2D eigenvalue weighted by atomic mass is 9.66. The number of benzene rings is 2. The van der Waals surface area contributed by atoms with E-state index in [1.54, 1.807) is 58.9 Å². The van der Waals surface area contributed by atoms with Crippen molar-refractivity contribution in [2.75, 3.05) is 13.1 Å². The molecule has 1 saturated heterocycles. The molecule has 7 nitrogen and oxygen atoms in total. The minimum Gasteiger partial charge on any atom is -0.290 e. The molecule has 2 aromatic carbocycles. The number of fused-ring (bicyclic) bond motifs is 2. The SMILES string of the molecule is Cc1ccc(S(=O)(=O)N2CCC3=Cc4c(cnn4-c4ccc(F)cc4)C[C@]3(C(=O)c3nccs3)C2)cc1. The number of carbonyl (C=O) groups excluding carboxylic acids is 1. The summed E-state index contributed by atoms with van der Waals surface area (Å²) in [7, 11) is -3.81. The van der Waals surface area contributed by atoms with Gasteiger partial charge in [0.1, 0.15) is 5.82 Å². The van der Waals surface area contributed by atoms with Gasteiger partial charge in [-0.05, 0) is 67.8 Å². The van der Waals surface area contributed by atoms with Gasteiger partial charge < -0.3 is 0 Å². The third-order valence-electron chi connectivity index (χ3n) is 7.17. The van der Waals surface area contributed by atoms with Crippen LogP contribution in [0.25, 0.3) is 11.8 Å². The number of aromatic nitrogens is 3. The smallest absolute Gasteiger partial charge is 0.243 e. The van der Waals surface area contributed by atoms with Gasteiger partial charge in [-0.25, -0.2) is 22.5 Å². The van der Waals surface area contributed by atoms with E-state index in [0.717, 1.165) is 22.4 Å². The highest BCUT2D eigenvalue weighted by Gasteiger charge is 2.51. The maximum Gasteiger partial charge on any atom is 0.243 e. The van der Waals surface area contributed by atoms with Crippen LogP contribution in [-0.4, -0.2) is 46.4 Å². The average molecular weight is 535 g/mol. The van der Waals surface area contributed by atoms with Crippen molar-refractivity contribution >= 4 is 33.2 Å². The highest BCUT2D eigenvalue weighted by molar-refractivity contribution is 7.89. The van der Waals surface area contributed by atoms with Crippen LogP contribution >= 0.6 is 11.3 Å². The number of Topliss-reactive ketones (excluding diaryl/α,β-unsaturated/α-hetero) is 1. The van der Waals surface area contributed by atoms with E-state index in [4.69, 9.17) is 0 Å². The number of rotatable bonds is 5. The first-order chi connectivity index (χ1) is 17.8. The normalized spacial score (nSPS) is 19.7. The van der Waals surface area contributed by atoms with Crippen LogP contribution in [0.1, 0.15) is 33.0 Å². The lowest BCUT2D eigenvalue weighted by Crippen LogP contribution is -2.53. The summed E-state index contributed by atoms with van der Waals surface area (Å²) in [6, 6.07) is 12.8. The summed E-state index contributed by atoms with van der Waals surface area (Å²) >= 11 is 1.25. The Morgan fingerprint density at radius 2 is 1.86 bits per heavy atom. The van der Waals surface area contributed by atoms with Crippen molar-refractivity contribution in [1.82, 2.24) is 19.1 Å². The summed E-state index contributed by atoms with van der Waals surface area (Å²) < 4.78 is 43.9. The van der Waals surface area contributed by atoms with Crippen molar-refractivity contribution < 1.29 is 17.6 Å². The molecule has 188 valence electrons. The third-order valence-corrected chi connectivity index (χ3v) is 9.80. The second kappa shape index (κ2) is 8.83. The number of carbonyl (C=O) groups is 1. The summed E-state index contributed by atoms with van der Waals surface area (Å²) in [5, 5.41) is 6.63. The summed E-state index contributed by atoms with van der Waals surface area (Å²) in [5.41, 5.74) is 3.09. The fraction of sp³-hybridized carbons (Fsp3) is 0.222. The zero-order valence-corrected chi connectivity index (χ0v) is 21.6. The minimum atomic E-state index is -3.81. The standard InChI is InChI=1S/C27H23FN4O3S2/c1-18-2-8-23(9-3-18)37(34,35)31-12-10-20-14-24-19(16-30-32(24)22-6-4-21(28)5-7-22)15-27(20,17-31)25(33)26-29-11-13-36-26/h2-9,11,13-14,16H,10,12,15,17H2,1H3/t27-/m0/s1.